The van der Waals surface area contributed by atoms with E-state index in [-0.39, 0.29) is 5.75 Å². The van der Waals surface area contributed by atoms with Gasteiger partial charge >= 0.3 is 6.36 Å². The first-order chi connectivity index (χ1) is 12.0. The first kappa shape index (κ1) is 17.6. The van der Waals surface area contributed by atoms with Crippen LogP contribution in [0, 0.1) is 0 Å². The van der Waals surface area contributed by atoms with Gasteiger partial charge in [-0.15, -0.1) is 23.4 Å². The number of anilines is 1. The summed E-state index contributed by atoms with van der Waals surface area (Å²) in [5.74, 6) is 1.13. The molecule has 2 heterocycles. The summed E-state index contributed by atoms with van der Waals surface area (Å²) in [7, 11) is 0. The maximum atomic E-state index is 12.1. The quantitative estimate of drug-likeness (QED) is 0.580. The highest BCUT2D eigenvalue weighted by Crippen LogP contribution is 2.29. The zero-order valence-electron chi connectivity index (χ0n) is 12.6. The predicted octanol–water partition coefficient (Wildman–Crippen LogP) is 4.93. The van der Waals surface area contributed by atoms with E-state index in [1.165, 1.54) is 35.2 Å². The normalized spacial score (nSPS) is 11.5. The highest BCUT2D eigenvalue weighted by Gasteiger charge is 2.30. The average molecular weight is 387 g/mol. The number of benzene rings is 1. The number of hydrogen-bond acceptors (Lipinski definition) is 7. The van der Waals surface area contributed by atoms with E-state index in [9.17, 15) is 13.2 Å². The smallest absolute Gasteiger partial charge is 0.467 e. The lowest BCUT2D eigenvalue weighted by atomic mass is 10.2. The Morgan fingerprint density at radius 1 is 1.16 bits per heavy atom. The Bertz CT molecular complexity index is 789. The van der Waals surface area contributed by atoms with Gasteiger partial charge in [0.1, 0.15) is 11.5 Å². The Labute approximate surface area is 149 Å². The van der Waals surface area contributed by atoms with Crippen LogP contribution in [0.5, 0.6) is 5.75 Å². The molecule has 0 bridgehead atoms. The van der Waals surface area contributed by atoms with Gasteiger partial charge < -0.3 is 14.5 Å². The van der Waals surface area contributed by atoms with Gasteiger partial charge in [-0.25, -0.2) is 0 Å². The van der Waals surface area contributed by atoms with Crippen molar-refractivity contribution in [3.63, 3.8) is 0 Å². The zero-order valence-corrected chi connectivity index (χ0v) is 14.2. The molecule has 1 N–H and O–H groups in total. The Morgan fingerprint density at radius 2 is 1.96 bits per heavy atom. The first-order valence-corrected chi connectivity index (χ1v) is 8.85. The Kier molecular flexibility index (Phi) is 5.49. The minimum atomic E-state index is -4.68. The van der Waals surface area contributed by atoms with Crippen molar-refractivity contribution >= 4 is 28.2 Å². The van der Waals surface area contributed by atoms with Crippen molar-refractivity contribution in [2.24, 2.45) is 0 Å². The van der Waals surface area contributed by atoms with E-state index in [4.69, 9.17) is 4.42 Å². The molecule has 0 spiro atoms. The third-order valence-corrected chi connectivity index (χ3v) is 5.01. The topological polar surface area (TPSA) is 60.2 Å². The minimum Gasteiger partial charge on any atom is -0.467 e. The fourth-order valence-corrected chi connectivity index (χ4v) is 3.55. The molecule has 0 aliphatic heterocycles. The Balaban J connectivity index is 1.48. The van der Waals surface area contributed by atoms with Crippen molar-refractivity contribution in [3.05, 3.63) is 54.0 Å². The molecule has 3 rings (SSSR count). The summed E-state index contributed by atoms with van der Waals surface area (Å²) in [6.45, 7) is 0.521. The third kappa shape index (κ3) is 5.68. The van der Waals surface area contributed by atoms with Crippen molar-refractivity contribution in [2.75, 3.05) is 5.32 Å². The summed E-state index contributed by atoms with van der Waals surface area (Å²) in [6, 6.07) is 9.43. The largest absolute Gasteiger partial charge is 0.573 e. The number of halogens is 3. The Morgan fingerprint density at radius 3 is 2.64 bits per heavy atom. The van der Waals surface area contributed by atoms with Crippen molar-refractivity contribution in [2.45, 2.75) is 23.0 Å². The fourth-order valence-electron chi connectivity index (χ4n) is 1.85. The van der Waals surface area contributed by atoms with E-state index >= 15 is 0 Å². The van der Waals surface area contributed by atoms with Crippen LogP contribution in [0.15, 0.2) is 51.4 Å². The molecule has 0 fully saturated rings. The zero-order chi connectivity index (χ0) is 17.7. The Hall–Kier alpha value is -2.20. The van der Waals surface area contributed by atoms with Gasteiger partial charge in [-0.3, -0.25) is 0 Å². The molecule has 0 aliphatic rings. The number of furan rings is 1. The molecule has 0 unspecified atom stereocenters. The van der Waals surface area contributed by atoms with Gasteiger partial charge in [-0.1, -0.05) is 35.2 Å². The summed E-state index contributed by atoms with van der Waals surface area (Å²) in [4.78, 5) is 0. The molecule has 132 valence electrons. The maximum Gasteiger partial charge on any atom is 0.573 e. The summed E-state index contributed by atoms with van der Waals surface area (Å²) >= 11 is 2.85. The van der Waals surface area contributed by atoms with Crippen LogP contribution in [-0.4, -0.2) is 16.6 Å². The molecule has 0 saturated heterocycles. The van der Waals surface area contributed by atoms with Crippen LogP contribution in [0.25, 0.3) is 0 Å². The van der Waals surface area contributed by atoms with Gasteiger partial charge in [0.25, 0.3) is 0 Å². The number of aromatic nitrogens is 2. The third-order valence-electron chi connectivity index (χ3n) is 2.92. The number of nitrogens with zero attached hydrogens (tertiary/aromatic N) is 2. The fraction of sp³-hybridized carbons (Fsp3) is 0.200. The SMILES string of the molecule is FC(F)(F)Oc1ccc(CSc2nnc(NCc3ccco3)s2)cc1. The highest BCUT2D eigenvalue weighted by molar-refractivity contribution is 8.00. The molecular weight excluding hydrogens is 375 g/mol. The van der Waals surface area contributed by atoms with Crippen LogP contribution in [0.2, 0.25) is 0 Å². The molecule has 0 amide bonds. The van der Waals surface area contributed by atoms with Gasteiger partial charge in [0.05, 0.1) is 12.8 Å². The average Bonchev–Trinajstić information content (AvgIpc) is 3.22. The molecule has 1 aromatic carbocycles. The summed E-state index contributed by atoms with van der Waals surface area (Å²) in [5, 5.41) is 11.9. The number of hydrogen-bond donors (Lipinski definition) is 1. The van der Waals surface area contributed by atoms with E-state index in [1.54, 1.807) is 18.4 Å². The lowest BCUT2D eigenvalue weighted by Crippen LogP contribution is -2.16. The second-order valence-corrected chi connectivity index (χ2v) is 6.99. The minimum absolute atomic E-state index is 0.235. The number of thioether (sulfide) groups is 1. The summed E-state index contributed by atoms with van der Waals surface area (Å²) in [5.41, 5.74) is 0.861. The predicted molar refractivity (Wildman–Crippen MR) is 88.6 cm³/mol. The molecule has 0 aliphatic carbocycles. The van der Waals surface area contributed by atoms with Crippen LogP contribution in [-0.2, 0) is 12.3 Å². The number of nitrogens with one attached hydrogen (secondary N) is 1. The van der Waals surface area contributed by atoms with Crippen LogP contribution < -0.4 is 10.1 Å². The van der Waals surface area contributed by atoms with E-state index in [0.29, 0.717) is 17.4 Å². The molecule has 5 nitrogen and oxygen atoms in total. The lowest BCUT2D eigenvalue weighted by molar-refractivity contribution is -0.274. The molecule has 10 heteroatoms. The molecule has 0 radical (unpaired) electrons. The van der Waals surface area contributed by atoms with Crippen molar-refractivity contribution < 1.29 is 22.3 Å². The standard InChI is InChI=1S/C15H12F3N3O2S2/c16-15(17,18)23-11-5-3-10(4-6-11)9-24-14-21-20-13(25-14)19-8-12-2-1-7-22-12/h1-7H,8-9H2,(H,19,20). The van der Waals surface area contributed by atoms with E-state index in [1.807, 2.05) is 12.1 Å². The molecule has 3 aromatic rings. The van der Waals surface area contributed by atoms with Crippen LogP contribution >= 0.6 is 23.1 Å². The lowest BCUT2D eigenvalue weighted by Gasteiger charge is -2.08. The van der Waals surface area contributed by atoms with Gasteiger partial charge in [-0.2, -0.15) is 0 Å². The van der Waals surface area contributed by atoms with Crippen LogP contribution in [0.4, 0.5) is 18.3 Å². The van der Waals surface area contributed by atoms with Gasteiger partial charge in [-0.05, 0) is 29.8 Å². The van der Waals surface area contributed by atoms with Gasteiger partial charge in [0.2, 0.25) is 5.13 Å². The second-order valence-electron chi connectivity index (χ2n) is 4.79. The first-order valence-electron chi connectivity index (χ1n) is 7.05. The molecule has 0 atom stereocenters. The van der Waals surface area contributed by atoms with E-state index in [2.05, 4.69) is 20.3 Å². The molecule has 2 aromatic heterocycles. The number of rotatable bonds is 7. The molecular formula is C15H12F3N3O2S2. The summed E-state index contributed by atoms with van der Waals surface area (Å²) in [6.07, 6.45) is -3.08. The van der Waals surface area contributed by atoms with Crippen molar-refractivity contribution in [1.82, 2.24) is 10.2 Å². The van der Waals surface area contributed by atoms with Gasteiger partial charge in [0.15, 0.2) is 4.34 Å². The monoisotopic (exact) mass is 387 g/mol. The van der Waals surface area contributed by atoms with Crippen LogP contribution in [0.3, 0.4) is 0 Å². The maximum absolute atomic E-state index is 12.1. The van der Waals surface area contributed by atoms with Crippen molar-refractivity contribution in [3.8, 4) is 5.75 Å². The molecule has 0 saturated carbocycles. The second kappa shape index (κ2) is 7.79. The molecule has 25 heavy (non-hydrogen) atoms. The number of ether oxygens (including phenoxy) is 1. The number of alkyl halides is 3. The van der Waals surface area contributed by atoms with E-state index in [0.717, 1.165) is 15.7 Å². The van der Waals surface area contributed by atoms with Crippen LogP contribution in [0.1, 0.15) is 11.3 Å². The highest BCUT2D eigenvalue weighted by atomic mass is 32.2. The van der Waals surface area contributed by atoms with Crippen molar-refractivity contribution in [1.29, 1.82) is 0 Å². The summed E-state index contributed by atoms with van der Waals surface area (Å²) < 4.78 is 46.2. The van der Waals surface area contributed by atoms with E-state index < -0.39 is 6.36 Å². The van der Waals surface area contributed by atoms with Gasteiger partial charge in [0, 0.05) is 5.75 Å².